The number of aromatic nitrogens is 4. The van der Waals surface area contributed by atoms with E-state index in [9.17, 15) is 4.39 Å². The van der Waals surface area contributed by atoms with E-state index in [1.165, 1.54) is 6.07 Å². The van der Waals surface area contributed by atoms with Gasteiger partial charge >= 0.3 is 0 Å². The van der Waals surface area contributed by atoms with Crippen molar-refractivity contribution in [2.24, 2.45) is 0 Å². The minimum Gasteiger partial charge on any atom is -0.335 e. The molecule has 0 amide bonds. The smallest absolute Gasteiger partial charge is 0.123 e. The molecule has 132 valence electrons. The highest BCUT2D eigenvalue weighted by Crippen LogP contribution is 2.16. The number of nitrogens with zero attached hydrogens (tertiary/aromatic N) is 4. The zero-order valence-corrected chi connectivity index (χ0v) is 14.7. The summed E-state index contributed by atoms with van der Waals surface area (Å²) in [5.41, 5.74) is 1.80. The number of rotatable bonds is 8. The molecule has 0 fully saturated rings. The Balaban J connectivity index is 1.54. The third-order valence-electron chi connectivity index (χ3n) is 4.12. The maximum atomic E-state index is 13.6. The van der Waals surface area contributed by atoms with Gasteiger partial charge in [-0.1, -0.05) is 13.8 Å². The second-order valence-electron chi connectivity index (χ2n) is 6.39. The van der Waals surface area contributed by atoms with Crippen LogP contribution < -0.4 is 5.32 Å². The fourth-order valence-electron chi connectivity index (χ4n) is 2.94. The fourth-order valence-corrected chi connectivity index (χ4v) is 2.94. The van der Waals surface area contributed by atoms with Crippen molar-refractivity contribution in [3.63, 3.8) is 0 Å². The van der Waals surface area contributed by atoms with Gasteiger partial charge in [-0.15, -0.1) is 0 Å². The number of halogens is 1. The second kappa shape index (κ2) is 8.07. The fraction of sp³-hybridized carbons (Fsp3) is 0.368. The molecule has 5 nitrogen and oxygen atoms in total. The van der Waals surface area contributed by atoms with Crippen LogP contribution in [0.25, 0.3) is 5.69 Å². The average Bonchev–Trinajstić information content (AvgIpc) is 3.26. The first-order chi connectivity index (χ1) is 12.1. The first kappa shape index (κ1) is 17.4. The van der Waals surface area contributed by atoms with Crippen molar-refractivity contribution in [2.75, 3.05) is 6.54 Å². The van der Waals surface area contributed by atoms with Gasteiger partial charge in [0.15, 0.2) is 0 Å². The lowest BCUT2D eigenvalue weighted by Crippen LogP contribution is -2.18. The molecule has 2 aromatic heterocycles. The van der Waals surface area contributed by atoms with Crippen LogP contribution in [0.5, 0.6) is 0 Å². The van der Waals surface area contributed by atoms with Crippen LogP contribution in [-0.2, 0) is 13.1 Å². The SMILES string of the molecule is CC(C)c1nccn1CCCNCc1cc(F)ccc1-n1cccn1. The van der Waals surface area contributed by atoms with Crippen LogP contribution in [0, 0.1) is 5.82 Å². The van der Waals surface area contributed by atoms with Crippen LogP contribution in [0.15, 0.2) is 49.1 Å². The summed E-state index contributed by atoms with van der Waals surface area (Å²) in [6.07, 6.45) is 8.45. The quantitative estimate of drug-likeness (QED) is 0.638. The molecule has 0 saturated carbocycles. The van der Waals surface area contributed by atoms with Gasteiger partial charge in [-0.3, -0.25) is 0 Å². The first-order valence-corrected chi connectivity index (χ1v) is 8.65. The lowest BCUT2D eigenvalue weighted by atomic mass is 10.1. The Hall–Kier alpha value is -2.47. The van der Waals surface area contributed by atoms with Gasteiger partial charge in [0.05, 0.1) is 5.69 Å². The van der Waals surface area contributed by atoms with E-state index < -0.39 is 0 Å². The molecule has 0 spiro atoms. The van der Waals surface area contributed by atoms with Crippen LogP contribution >= 0.6 is 0 Å². The number of benzene rings is 1. The van der Waals surface area contributed by atoms with Gasteiger partial charge in [0.1, 0.15) is 11.6 Å². The average molecular weight is 341 g/mol. The molecule has 0 atom stereocenters. The molecule has 3 rings (SSSR count). The summed E-state index contributed by atoms with van der Waals surface area (Å²) in [6, 6.07) is 6.65. The van der Waals surface area contributed by atoms with Gasteiger partial charge in [0.25, 0.3) is 0 Å². The Morgan fingerprint density at radius 1 is 1.20 bits per heavy atom. The lowest BCUT2D eigenvalue weighted by Gasteiger charge is -2.12. The lowest BCUT2D eigenvalue weighted by molar-refractivity contribution is 0.551. The maximum Gasteiger partial charge on any atom is 0.123 e. The van der Waals surface area contributed by atoms with E-state index in [-0.39, 0.29) is 5.82 Å². The van der Waals surface area contributed by atoms with Crippen LogP contribution in [0.4, 0.5) is 4.39 Å². The Bertz CT molecular complexity index is 792. The number of hydrogen-bond donors (Lipinski definition) is 1. The summed E-state index contributed by atoms with van der Waals surface area (Å²) in [4.78, 5) is 4.40. The van der Waals surface area contributed by atoms with Crippen molar-refractivity contribution >= 4 is 0 Å². The second-order valence-corrected chi connectivity index (χ2v) is 6.39. The minimum absolute atomic E-state index is 0.229. The van der Waals surface area contributed by atoms with Crippen molar-refractivity contribution in [2.45, 2.75) is 39.3 Å². The predicted octanol–water partition coefficient (Wildman–Crippen LogP) is 3.51. The molecule has 3 aromatic rings. The van der Waals surface area contributed by atoms with E-state index in [2.05, 4.69) is 33.8 Å². The molecule has 0 saturated heterocycles. The van der Waals surface area contributed by atoms with Gasteiger partial charge in [-0.25, -0.2) is 14.1 Å². The molecule has 2 heterocycles. The van der Waals surface area contributed by atoms with Gasteiger partial charge in [0, 0.05) is 43.8 Å². The number of imidazole rings is 1. The first-order valence-electron chi connectivity index (χ1n) is 8.65. The predicted molar refractivity (Wildman–Crippen MR) is 96.2 cm³/mol. The molecule has 0 aliphatic rings. The van der Waals surface area contributed by atoms with Crippen LogP contribution in [0.2, 0.25) is 0 Å². The highest BCUT2D eigenvalue weighted by molar-refractivity contribution is 5.40. The van der Waals surface area contributed by atoms with Crippen LogP contribution in [0.1, 0.15) is 37.6 Å². The monoisotopic (exact) mass is 341 g/mol. The molecular weight excluding hydrogens is 317 g/mol. The Morgan fingerprint density at radius 2 is 2.08 bits per heavy atom. The zero-order valence-electron chi connectivity index (χ0n) is 14.7. The molecule has 0 unspecified atom stereocenters. The Labute approximate surface area is 147 Å². The van der Waals surface area contributed by atoms with E-state index in [1.807, 2.05) is 24.7 Å². The number of aryl methyl sites for hydroxylation is 1. The molecule has 6 heteroatoms. The van der Waals surface area contributed by atoms with E-state index >= 15 is 0 Å². The third-order valence-corrected chi connectivity index (χ3v) is 4.12. The molecule has 25 heavy (non-hydrogen) atoms. The number of hydrogen-bond acceptors (Lipinski definition) is 3. The summed E-state index contributed by atoms with van der Waals surface area (Å²) in [7, 11) is 0. The van der Waals surface area contributed by atoms with Crippen molar-refractivity contribution in [1.82, 2.24) is 24.6 Å². The summed E-state index contributed by atoms with van der Waals surface area (Å²) >= 11 is 0. The van der Waals surface area contributed by atoms with Gasteiger partial charge in [-0.2, -0.15) is 5.10 Å². The van der Waals surface area contributed by atoms with E-state index in [0.29, 0.717) is 12.5 Å². The molecule has 0 aliphatic carbocycles. The van der Waals surface area contributed by atoms with Crippen molar-refractivity contribution < 1.29 is 4.39 Å². The van der Waals surface area contributed by atoms with Crippen molar-refractivity contribution in [3.05, 3.63) is 66.3 Å². The highest BCUT2D eigenvalue weighted by Gasteiger charge is 2.08. The summed E-state index contributed by atoms with van der Waals surface area (Å²) in [6.45, 7) is 6.68. The number of nitrogens with one attached hydrogen (secondary N) is 1. The van der Waals surface area contributed by atoms with Crippen molar-refractivity contribution in [1.29, 1.82) is 0 Å². The van der Waals surface area contributed by atoms with E-state index in [4.69, 9.17) is 0 Å². The van der Waals surface area contributed by atoms with Gasteiger partial charge in [-0.05, 0) is 42.8 Å². The third kappa shape index (κ3) is 4.33. The molecule has 1 aromatic carbocycles. The Kier molecular flexibility index (Phi) is 5.60. The minimum atomic E-state index is -0.229. The largest absolute Gasteiger partial charge is 0.335 e. The van der Waals surface area contributed by atoms with Crippen LogP contribution in [-0.4, -0.2) is 25.9 Å². The highest BCUT2D eigenvalue weighted by atomic mass is 19.1. The standard InChI is InChI=1S/C19H24FN5/c1-15(2)19-22-9-12-24(19)10-3-7-21-14-16-13-17(20)5-6-18(16)25-11-4-8-23-25/h4-6,8-9,11-13,15,21H,3,7,10,14H2,1-2H3. The van der Waals surface area contributed by atoms with Gasteiger partial charge < -0.3 is 9.88 Å². The molecule has 0 aliphatic heterocycles. The summed E-state index contributed by atoms with van der Waals surface area (Å²) < 4.78 is 17.6. The zero-order chi connectivity index (χ0) is 17.6. The maximum absolute atomic E-state index is 13.6. The van der Waals surface area contributed by atoms with E-state index in [1.54, 1.807) is 23.0 Å². The topological polar surface area (TPSA) is 47.7 Å². The van der Waals surface area contributed by atoms with Crippen molar-refractivity contribution in [3.8, 4) is 5.69 Å². The van der Waals surface area contributed by atoms with Gasteiger partial charge in [0.2, 0.25) is 0 Å². The molecule has 1 N–H and O–H groups in total. The van der Waals surface area contributed by atoms with E-state index in [0.717, 1.165) is 36.6 Å². The molecular formula is C19H24FN5. The Morgan fingerprint density at radius 3 is 2.84 bits per heavy atom. The normalized spacial score (nSPS) is 11.4. The summed E-state index contributed by atoms with van der Waals surface area (Å²) in [5, 5.41) is 7.64. The molecule has 0 radical (unpaired) electrons. The molecule has 0 bridgehead atoms. The summed E-state index contributed by atoms with van der Waals surface area (Å²) in [5.74, 6) is 1.31. The van der Waals surface area contributed by atoms with Crippen LogP contribution in [0.3, 0.4) is 0 Å².